The van der Waals surface area contributed by atoms with Gasteiger partial charge in [0.25, 0.3) is 0 Å². The van der Waals surface area contributed by atoms with Crippen molar-refractivity contribution in [1.82, 2.24) is 9.78 Å². The smallest absolute Gasteiger partial charge is 0.435 e. The molecule has 1 rings (SSSR count). The maximum Gasteiger partial charge on any atom is 0.435 e. The fourth-order valence-corrected chi connectivity index (χ4v) is 1.52. The van der Waals surface area contributed by atoms with Crippen molar-refractivity contribution in [2.75, 3.05) is 0 Å². The largest absolute Gasteiger partial charge is 0.442 e. The highest BCUT2D eigenvalue weighted by Gasteiger charge is 2.36. The number of aromatic nitrogens is 2. The third-order valence-corrected chi connectivity index (χ3v) is 2.35. The molecule has 0 amide bonds. The molecular weight excluding hydrogens is 317 g/mol. The maximum atomic E-state index is 12.5. The van der Waals surface area contributed by atoms with E-state index in [1.807, 2.05) is 0 Å². The van der Waals surface area contributed by atoms with Gasteiger partial charge in [0.2, 0.25) is 0 Å². The van der Waals surface area contributed by atoms with Crippen LogP contribution >= 0.6 is 15.9 Å². The molecule has 0 radical (unpaired) electrons. The second-order valence-corrected chi connectivity index (χ2v) is 5.11. The zero-order valence-corrected chi connectivity index (χ0v) is 11.6. The van der Waals surface area contributed by atoms with Gasteiger partial charge in [-0.3, -0.25) is 0 Å². The number of halogens is 4. The van der Waals surface area contributed by atoms with Crippen LogP contribution < -0.4 is 0 Å². The summed E-state index contributed by atoms with van der Waals surface area (Å²) in [5.74, 6) is 0. The van der Waals surface area contributed by atoms with E-state index in [1.165, 1.54) is 0 Å². The van der Waals surface area contributed by atoms with E-state index in [-0.39, 0.29) is 11.0 Å². The lowest BCUT2D eigenvalue weighted by molar-refractivity contribution is -0.141. The lowest BCUT2D eigenvalue weighted by Gasteiger charge is -2.19. The zero-order chi connectivity index (χ0) is 14.1. The molecule has 102 valence electrons. The van der Waals surface area contributed by atoms with Gasteiger partial charge in [-0.1, -0.05) is 15.9 Å². The van der Waals surface area contributed by atoms with Gasteiger partial charge in [0.1, 0.15) is 5.60 Å². The second kappa shape index (κ2) is 4.91. The lowest BCUT2D eigenvalue weighted by Crippen LogP contribution is -2.28. The molecule has 0 bridgehead atoms. The first-order valence-electron chi connectivity index (χ1n) is 5.00. The Labute approximate surface area is 110 Å². The molecular formula is C10H12BrF3N2O2. The van der Waals surface area contributed by atoms with Crippen molar-refractivity contribution in [2.24, 2.45) is 0 Å². The Morgan fingerprint density at radius 3 is 2.39 bits per heavy atom. The number of hydrogen-bond donors (Lipinski definition) is 0. The first-order chi connectivity index (χ1) is 8.04. The minimum atomic E-state index is -4.59. The van der Waals surface area contributed by atoms with E-state index in [1.54, 1.807) is 20.8 Å². The first kappa shape index (κ1) is 15.0. The van der Waals surface area contributed by atoms with Crippen molar-refractivity contribution in [3.8, 4) is 0 Å². The molecule has 0 aliphatic rings. The van der Waals surface area contributed by atoms with Gasteiger partial charge < -0.3 is 4.74 Å². The van der Waals surface area contributed by atoms with Gasteiger partial charge in [-0.25, -0.2) is 4.79 Å². The third-order valence-electron chi connectivity index (χ3n) is 1.78. The fourth-order valence-electron chi connectivity index (χ4n) is 1.12. The van der Waals surface area contributed by atoms with Crippen LogP contribution in [0.1, 0.15) is 32.2 Å². The Hall–Kier alpha value is -1.05. The molecule has 0 fully saturated rings. The van der Waals surface area contributed by atoms with Gasteiger partial charge in [-0.05, 0) is 26.8 Å². The van der Waals surface area contributed by atoms with Crippen LogP contribution in [0.3, 0.4) is 0 Å². The average molecular weight is 329 g/mol. The molecule has 0 spiro atoms. The van der Waals surface area contributed by atoms with Crippen molar-refractivity contribution in [3.63, 3.8) is 0 Å². The number of carbonyl (C=O) groups is 1. The Bertz CT molecular complexity index is 449. The van der Waals surface area contributed by atoms with E-state index in [2.05, 4.69) is 21.0 Å². The summed E-state index contributed by atoms with van der Waals surface area (Å²) in [5, 5.41) is 3.29. The van der Waals surface area contributed by atoms with Crippen LogP contribution in [0.15, 0.2) is 6.07 Å². The summed E-state index contributed by atoms with van der Waals surface area (Å²) in [6.07, 6.45) is -5.53. The lowest BCUT2D eigenvalue weighted by atomic mass is 10.2. The third kappa shape index (κ3) is 3.72. The van der Waals surface area contributed by atoms with Crippen LogP contribution in [-0.2, 0) is 16.2 Å². The molecule has 0 N–H and O–H groups in total. The summed E-state index contributed by atoms with van der Waals surface area (Å²) >= 11 is 3.00. The minimum Gasteiger partial charge on any atom is -0.442 e. The molecule has 1 heterocycles. The normalized spacial score (nSPS) is 12.6. The number of hydrogen-bond acceptors (Lipinski definition) is 3. The molecule has 1 aromatic rings. The first-order valence-corrected chi connectivity index (χ1v) is 6.12. The van der Waals surface area contributed by atoms with Crippen LogP contribution in [0, 0.1) is 0 Å². The van der Waals surface area contributed by atoms with Crippen LogP contribution in [0.2, 0.25) is 0 Å². The quantitative estimate of drug-likeness (QED) is 0.740. The highest BCUT2D eigenvalue weighted by molar-refractivity contribution is 9.08. The number of rotatable bonds is 1. The fraction of sp³-hybridized carbons (Fsp3) is 0.600. The monoisotopic (exact) mass is 328 g/mol. The molecule has 0 aliphatic carbocycles. The van der Waals surface area contributed by atoms with Crippen LogP contribution in [0.25, 0.3) is 0 Å². The Morgan fingerprint density at radius 2 is 2.00 bits per heavy atom. The number of ether oxygens (including phenoxy) is 1. The van der Waals surface area contributed by atoms with Gasteiger partial charge in [0, 0.05) is 5.33 Å². The van der Waals surface area contributed by atoms with E-state index < -0.39 is 23.6 Å². The highest BCUT2D eigenvalue weighted by atomic mass is 79.9. The second-order valence-electron chi connectivity index (χ2n) is 4.54. The molecule has 0 aliphatic heterocycles. The summed E-state index contributed by atoms with van der Waals surface area (Å²) in [4.78, 5) is 11.7. The predicted octanol–water partition coefficient (Wildman–Crippen LogP) is 3.58. The van der Waals surface area contributed by atoms with Gasteiger partial charge in [0.15, 0.2) is 5.69 Å². The Morgan fingerprint density at radius 1 is 1.44 bits per heavy atom. The van der Waals surface area contributed by atoms with Crippen molar-refractivity contribution in [3.05, 3.63) is 17.5 Å². The number of alkyl halides is 4. The van der Waals surface area contributed by atoms with Crippen molar-refractivity contribution < 1.29 is 22.7 Å². The van der Waals surface area contributed by atoms with Gasteiger partial charge in [-0.15, -0.1) is 0 Å². The maximum absolute atomic E-state index is 12.5. The topological polar surface area (TPSA) is 44.1 Å². The molecule has 0 unspecified atom stereocenters. The Balaban J connectivity index is 3.09. The Kier molecular flexibility index (Phi) is 4.09. The predicted molar refractivity (Wildman–Crippen MR) is 61.5 cm³/mol. The van der Waals surface area contributed by atoms with Crippen LogP contribution in [0.5, 0.6) is 0 Å². The summed E-state index contributed by atoms with van der Waals surface area (Å²) in [6.45, 7) is 4.85. The zero-order valence-electron chi connectivity index (χ0n) is 10.0. The van der Waals surface area contributed by atoms with E-state index in [9.17, 15) is 18.0 Å². The van der Waals surface area contributed by atoms with E-state index in [0.717, 1.165) is 6.07 Å². The molecule has 18 heavy (non-hydrogen) atoms. The van der Waals surface area contributed by atoms with Crippen molar-refractivity contribution in [2.45, 2.75) is 37.9 Å². The molecule has 8 heteroatoms. The molecule has 0 aromatic carbocycles. The van der Waals surface area contributed by atoms with Gasteiger partial charge in [0.05, 0.1) is 5.69 Å². The summed E-state index contributed by atoms with van der Waals surface area (Å²) in [7, 11) is 0. The van der Waals surface area contributed by atoms with E-state index in [4.69, 9.17) is 4.74 Å². The van der Waals surface area contributed by atoms with E-state index in [0.29, 0.717) is 4.68 Å². The SMILES string of the molecule is CC(C)(C)OC(=O)n1nc(C(F)(F)F)cc1CBr. The summed E-state index contributed by atoms with van der Waals surface area (Å²) < 4.78 is 43.0. The van der Waals surface area contributed by atoms with Crippen LogP contribution in [0.4, 0.5) is 18.0 Å². The summed E-state index contributed by atoms with van der Waals surface area (Å²) in [5.41, 5.74) is -1.84. The van der Waals surface area contributed by atoms with Gasteiger partial charge >= 0.3 is 12.3 Å². The molecule has 0 saturated carbocycles. The highest BCUT2D eigenvalue weighted by Crippen LogP contribution is 2.29. The number of carbonyl (C=O) groups excluding carboxylic acids is 1. The van der Waals surface area contributed by atoms with Gasteiger partial charge in [-0.2, -0.15) is 23.0 Å². The summed E-state index contributed by atoms with van der Waals surface area (Å²) in [6, 6.07) is 0.804. The molecule has 1 aromatic heterocycles. The minimum absolute atomic E-state index is 0.0648. The van der Waals surface area contributed by atoms with E-state index >= 15 is 0 Å². The number of nitrogens with zero attached hydrogens (tertiary/aromatic N) is 2. The molecule has 0 atom stereocenters. The van der Waals surface area contributed by atoms with Crippen molar-refractivity contribution >= 4 is 22.0 Å². The standard InChI is InChI=1S/C10H12BrF3N2O2/c1-9(2,3)18-8(17)16-6(5-11)4-7(15-16)10(12,13)14/h4H,5H2,1-3H3. The van der Waals surface area contributed by atoms with Crippen molar-refractivity contribution in [1.29, 1.82) is 0 Å². The average Bonchev–Trinajstić information content (AvgIpc) is 2.57. The molecule has 4 nitrogen and oxygen atoms in total. The molecule has 0 saturated heterocycles. The van der Waals surface area contributed by atoms with Crippen LogP contribution in [-0.4, -0.2) is 21.5 Å².